The lowest BCUT2D eigenvalue weighted by Gasteiger charge is -2.59. The molecule has 0 radical (unpaired) electrons. The second kappa shape index (κ2) is 5.86. The summed E-state index contributed by atoms with van der Waals surface area (Å²) < 4.78 is 12.1. The standard InChI is InChI=1S/C21H30O5/c1-7-20(5)15(19(3,4)18(23)24)8-9-21(6)16(20)11-13-14(22)10-12(2)25-17(13)26-21/h7,12,15-16H,1,8-11H2,2-6H3,(H,23,24). The van der Waals surface area contributed by atoms with Crippen LogP contribution in [-0.4, -0.2) is 28.6 Å². The van der Waals surface area contributed by atoms with E-state index in [2.05, 4.69) is 20.4 Å². The molecule has 3 aliphatic rings. The maximum atomic E-state index is 12.6. The molecule has 0 bridgehead atoms. The number of carbonyl (C=O) groups excluding carboxylic acids is 1. The van der Waals surface area contributed by atoms with Gasteiger partial charge in [0.05, 0.1) is 11.0 Å². The molecule has 0 saturated heterocycles. The summed E-state index contributed by atoms with van der Waals surface area (Å²) in [5, 5.41) is 9.79. The van der Waals surface area contributed by atoms with E-state index in [1.54, 1.807) is 13.8 Å². The molecule has 144 valence electrons. The summed E-state index contributed by atoms with van der Waals surface area (Å²) in [6.45, 7) is 13.6. The van der Waals surface area contributed by atoms with E-state index in [1.807, 2.05) is 13.0 Å². The van der Waals surface area contributed by atoms with E-state index in [4.69, 9.17) is 9.47 Å². The Morgan fingerprint density at radius 1 is 1.35 bits per heavy atom. The number of ether oxygens (including phenoxy) is 2. The Bertz CT molecular complexity index is 691. The summed E-state index contributed by atoms with van der Waals surface area (Å²) >= 11 is 0. The van der Waals surface area contributed by atoms with Gasteiger partial charge in [0.2, 0.25) is 0 Å². The van der Waals surface area contributed by atoms with Crippen molar-refractivity contribution in [2.24, 2.45) is 22.7 Å². The van der Waals surface area contributed by atoms with E-state index in [1.165, 1.54) is 0 Å². The predicted molar refractivity (Wildman–Crippen MR) is 97.2 cm³/mol. The smallest absolute Gasteiger partial charge is 0.309 e. The molecule has 0 aromatic heterocycles. The molecule has 5 unspecified atom stereocenters. The number of hydrogen-bond acceptors (Lipinski definition) is 4. The molecule has 5 nitrogen and oxygen atoms in total. The lowest BCUT2D eigenvalue weighted by molar-refractivity contribution is -0.197. The van der Waals surface area contributed by atoms with Crippen molar-refractivity contribution in [1.82, 2.24) is 0 Å². The number of hydrogen-bond donors (Lipinski definition) is 1. The zero-order valence-electron chi connectivity index (χ0n) is 16.4. The second-order valence-corrected chi connectivity index (χ2v) is 9.18. The van der Waals surface area contributed by atoms with E-state index in [9.17, 15) is 14.7 Å². The number of fused-ring (bicyclic) bond motifs is 1. The van der Waals surface area contributed by atoms with E-state index in [0.717, 1.165) is 12.8 Å². The highest BCUT2D eigenvalue weighted by Gasteiger charge is 2.61. The van der Waals surface area contributed by atoms with Gasteiger partial charge in [0.25, 0.3) is 5.95 Å². The third-order valence-electron chi connectivity index (χ3n) is 7.13. The molecule has 2 heterocycles. The highest BCUT2D eigenvalue weighted by atomic mass is 16.7. The lowest BCUT2D eigenvalue weighted by Crippen LogP contribution is -2.59. The van der Waals surface area contributed by atoms with Crippen LogP contribution in [0, 0.1) is 22.7 Å². The first kappa shape index (κ1) is 19.0. The van der Waals surface area contributed by atoms with Gasteiger partial charge in [-0.25, -0.2) is 0 Å². The summed E-state index contributed by atoms with van der Waals surface area (Å²) in [4.78, 5) is 24.5. The largest absolute Gasteiger partial charge is 0.481 e. The molecule has 2 aliphatic heterocycles. The number of Topliss-reactive ketones (excluding diaryl/α,β-unsaturated/α-hetero) is 1. The molecule has 0 amide bonds. The third kappa shape index (κ3) is 2.58. The average Bonchev–Trinajstić information content (AvgIpc) is 2.52. The van der Waals surface area contributed by atoms with Crippen LogP contribution >= 0.6 is 0 Å². The molecular formula is C21H30O5. The van der Waals surface area contributed by atoms with Crippen LogP contribution in [0.1, 0.15) is 60.3 Å². The van der Waals surface area contributed by atoms with Crippen LogP contribution in [0.25, 0.3) is 0 Å². The fraction of sp³-hybridized carbons (Fsp3) is 0.714. The van der Waals surface area contributed by atoms with Gasteiger partial charge in [-0.2, -0.15) is 0 Å². The van der Waals surface area contributed by atoms with Crippen LogP contribution in [0.15, 0.2) is 24.2 Å². The van der Waals surface area contributed by atoms with Crippen molar-refractivity contribution >= 4 is 11.8 Å². The van der Waals surface area contributed by atoms with Crippen LogP contribution < -0.4 is 0 Å². The Balaban J connectivity index is 2.05. The van der Waals surface area contributed by atoms with Crippen LogP contribution in [0.2, 0.25) is 0 Å². The molecule has 1 saturated carbocycles. The van der Waals surface area contributed by atoms with Gasteiger partial charge in [0.15, 0.2) is 5.78 Å². The molecule has 1 fully saturated rings. The number of carbonyl (C=O) groups is 2. The van der Waals surface area contributed by atoms with Gasteiger partial charge in [-0.15, -0.1) is 6.58 Å². The van der Waals surface area contributed by atoms with Gasteiger partial charge in [0, 0.05) is 12.3 Å². The molecule has 5 atom stereocenters. The highest BCUT2D eigenvalue weighted by Crippen LogP contribution is 2.61. The number of aliphatic carboxylic acids is 1. The molecule has 0 aromatic carbocycles. The van der Waals surface area contributed by atoms with Gasteiger partial charge in [0.1, 0.15) is 11.7 Å². The summed E-state index contributed by atoms with van der Waals surface area (Å²) in [6.07, 6.45) is 4.07. The number of carboxylic acid groups (broad SMARTS) is 1. The minimum atomic E-state index is -0.888. The maximum Gasteiger partial charge on any atom is 0.309 e. The van der Waals surface area contributed by atoms with Crippen LogP contribution in [0.5, 0.6) is 0 Å². The van der Waals surface area contributed by atoms with E-state index < -0.39 is 22.4 Å². The van der Waals surface area contributed by atoms with Crippen LogP contribution in [0.4, 0.5) is 0 Å². The Hall–Kier alpha value is -1.78. The molecule has 1 aliphatic carbocycles. The molecule has 26 heavy (non-hydrogen) atoms. The van der Waals surface area contributed by atoms with Gasteiger partial charge < -0.3 is 14.6 Å². The Morgan fingerprint density at radius 3 is 2.58 bits per heavy atom. The van der Waals surface area contributed by atoms with E-state index in [0.29, 0.717) is 24.4 Å². The van der Waals surface area contributed by atoms with Crippen LogP contribution in [0.3, 0.4) is 0 Å². The lowest BCUT2D eigenvalue weighted by atomic mass is 9.48. The van der Waals surface area contributed by atoms with Gasteiger partial charge in [-0.3, -0.25) is 9.59 Å². The minimum absolute atomic E-state index is 0.0235. The second-order valence-electron chi connectivity index (χ2n) is 9.18. The first-order valence-electron chi connectivity index (χ1n) is 9.44. The van der Waals surface area contributed by atoms with Gasteiger partial charge in [-0.05, 0) is 58.3 Å². The van der Waals surface area contributed by atoms with Crippen molar-refractivity contribution in [3.8, 4) is 0 Å². The number of allylic oxidation sites excluding steroid dienone is 2. The highest BCUT2D eigenvalue weighted by molar-refractivity contribution is 5.96. The van der Waals surface area contributed by atoms with Crippen LogP contribution in [-0.2, 0) is 19.1 Å². The van der Waals surface area contributed by atoms with Gasteiger partial charge in [-0.1, -0.05) is 13.0 Å². The van der Waals surface area contributed by atoms with Crippen molar-refractivity contribution in [2.75, 3.05) is 0 Å². The Morgan fingerprint density at radius 2 is 2.00 bits per heavy atom. The minimum Gasteiger partial charge on any atom is -0.481 e. The van der Waals surface area contributed by atoms with Crippen molar-refractivity contribution in [2.45, 2.75) is 72.0 Å². The maximum absolute atomic E-state index is 12.6. The van der Waals surface area contributed by atoms with Crippen molar-refractivity contribution in [1.29, 1.82) is 0 Å². The SMILES string of the molecule is C=CC1(C)C2CC3=C(OC(C)CC3=O)OC2(C)CCC1C(C)(C)C(=O)O. The molecule has 5 heteroatoms. The van der Waals surface area contributed by atoms with E-state index in [-0.39, 0.29) is 23.7 Å². The molecule has 0 aromatic rings. The first-order chi connectivity index (χ1) is 12.0. The van der Waals surface area contributed by atoms with Crippen molar-refractivity contribution in [3.05, 3.63) is 24.2 Å². The first-order valence-corrected chi connectivity index (χ1v) is 9.44. The average molecular weight is 362 g/mol. The van der Waals surface area contributed by atoms with Crippen molar-refractivity contribution < 1.29 is 24.2 Å². The number of rotatable bonds is 3. The van der Waals surface area contributed by atoms with E-state index >= 15 is 0 Å². The van der Waals surface area contributed by atoms with Gasteiger partial charge >= 0.3 is 5.97 Å². The summed E-state index contributed by atoms with van der Waals surface area (Å²) in [5.74, 6) is -0.458. The normalized spacial score (nSPS) is 40.0. The molecule has 1 N–H and O–H groups in total. The summed E-state index contributed by atoms with van der Waals surface area (Å²) in [7, 11) is 0. The predicted octanol–water partition coefficient (Wildman–Crippen LogP) is 4.08. The molecule has 3 rings (SSSR count). The summed E-state index contributed by atoms with van der Waals surface area (Å²) in [5.41, 5.74) is -1.23. The quantitative estimate of drug-likeness (QED) is 0.766. The number of carboxylic acids is 1. The molecular weight excluding hydrogens is 332 g/mol. The number of ketones is 1. The molecule has 0 spiro atoms. The fourth-order valence-electron chi connectivity index (χ4n) is 5.44. The van der Waals surface area contributed by atoms with Crippen molar-refractivity contribution in [3.63, 3.8) is 0 Å². The fourth-order valence-corrected chi connectivity index (χ4v) is 5.44. The monoisotopic (exact) mass is 362 g/mol. The zero-order valence-corrected chi connectivity index (χ0v) is 16.4. The Kier molecular flexibility index (Phi) is 4.28. The third-order valence-corrected chi connectivity index (χ3v) is 7.13. The zero-order chi connectivity index (χ0) is 19.5. The summed E-state index contributed by atoms with van der Waals surface area (Å²) in [6, 6.07) is 0. The topological polar surface area (TPSA) is 72.8 Å². The Labute approximate surface area is 155 Å².